The van der Waals surface area contributed by atoms with Crippen LogP contribution in [-0.4, -0.2) is 45.7 Å². The summed E-state index contributed by atoms with van der Waals surface area (Å²) in [5, 5.41) is 8.84. The predicted octanol–water partition coefficient (Wildman–Crippen LogP) is 2.00. The summed E-state index contributed by atoms with van der Waals surface area (Å²) in [5.74, 6) is 1.21. The molecule has 1 saturated heterocycles. The number of amides is 1. The van der Waals surface area contributed by atoms with Crippen molar-refractivity contribution in [2.24, 2.45) is 0 Å². The van der Waals surface area contributed by atoms with E-state index < -0.39 is 0 Å². The summed E-state index contributed by atoms with van der Waals surface area (Å²) in [4.78, 5) is 27.3. The fourth-order valence-electron chi connectivity index (χ4n) is 3.77. The second kappa shape index (κ2) is 6.63. The molecule has 0 bridgehead atoms. The van der Waals surface area contributed by atoms with Crippen LogP contribution in [0, 0.1) is 0 Å². The van der Waals surface area contributed by atoms with Gasteiger partial charge in [0, 0.05) is 18.7 Å². The van der Waals surface area contributed by atoms with Gasteiger partial charge in [0.1, 0.15) is 5.52 Å². The lowest BCUT2D eigenvalue weighted by Crippen LogP contribution is -2.41. The first-order chi connectivity index (χ1) is 13.7. The van der Waals surface area contributed by atoms with Gasteiger partial charge in [0.05, 0.1) is 11.4 Å². The number of rotatable bonds is 2. The highest BCUT2D eigenvalue weighted by molar-refractivity contribution is 5.95. The van der Waals surface area contributed by atoms with Crippen LogP contribution < -0.4 is 15.0 Å². The van der Waals surface area contributed by atoms with Crippen LogP contribution >= 0.6 is 0 Å². The molecule has 2 aliphatic heterocycles. The van der Waals surface area contributed by atoms with Gasteiger partial charge in [-0.3, -0.25) is 9.59 Å². The number of ether oxygens (including phenoxy) is 2. The first-order valence-electron chi connectivity index (χ1n) is 9.24. The van der Waals surface area contributed by atoms with Crippen molar-refractivity contribution in [3.8, 4) is 11.5 Å². The zero-order chi connectivity index (χ0) is 19.1. The second-order valence-corrected chi connectivity index (χ2v) is 6.95. The van der Waals surface area contributed by atoms with Gasteiger partial charge in [0.2, 0.25) is 6.79 Å². The van der Waals surface area contributed by atoms with Crippen LogP contribution in [-0.2, 0) is 0 Å². The Kier molecular flexibility index (Phi) is 3.96. The van der Waals surface area contributed by atoms with Crippen LogP contribution in [0.2, 0.25) is 0 Å². The van der Waals surface area contributed by atoms with Gasteiger partial charge in [-0.15, -0.1) is 5.10 Å². The largest absolute Gasteiger partial charge is 0.454 e. The molecule has 2 aromatic carbocycles. The van der Waals surface area contributed by atoms with Gasteiger partial charge >= 0.3 is 0 Å². The Morgan fingerprint density at radius 2 is 1.82 bits per heavy atom. The summed E-state index contributed by atoms with van der Waals surface area (Å²) in [6.45, 7) is 1.29. The van der Waals surface area contributed by atoms with Gasteiger partial charge in [0.15, 0.2) is 11.5 Å². The predicted molar refractivity (Wildman–Crippen MR) is 101 cm³/mol. The summed E-state index contributed by atoms with van der Waals surface area (Å²) in [6, 6.07) is 12.4. The highest BCUT2D eigenvalue weighted by atomic mass is 16.7. The van der Waals surface area contributed by atoms with Crippen molar-refractivity contribution in [1.82, 2.24) is 19.9 Å². The highest BCUT2D eigenvalue weighted by Gasteiger charge is 2.27. The molecular weight excluding hydrogens is 360 g/mol. The average molecular weight is 378 g/mol. The number of fused-ring (bicyclic) bond motifs is 2. The number of hydrogen-bond acceptors (Lipinski definition) is 6. The Morgan fingerprint density at radius 1 is 1.04 bits per heavy atom. The SMILES string of the molecule is O=C(c1ccc2c(c1)OCO2)N1CCC(n2nnc3ccccc3c2=O)CC1. The lowest BCUT2D eigenvalue weighted by atomic mass is 10.0. The zero-order valence-corrected chi connectivity index (χ0v) is 15.1. The second-order valence-electron chi connectivity index (χ2n) is 6.95. The fourth-order valence-corrected chi connectivity index (χ4v) is 3.77. The number of likely N-dealkylation sites (tertiary alicyclic amines) is 1. The van der Waals surface area contributed by atoms with E-state index in [0.717, 1.165) is 0 Å². The molecular formula is C20H18N4O4. The number of carbonyl (C=O) groups excluding carboxylic acids is 1. The van der Waals surface area contributed by atoms with Crippen molar-refractivity contribution in [3.63, 3.8) is 0 Å². The maximum atomic E-state index is 12.8. The van der Waals surface area contributed by atoms with Crippen LogP contribution in [0.1, 0.15) is 29.2 Å². The number of piperidine rings is 1. The van der Waals surface area contributed by atoms with Gasteiger partial charge < -0.3 is 14.4 Å². The first kappa shape index (κ1) is 16.7. The molecule has 8 heteroatoms. The molecule has 0 unspecified atom stereocenters. The lowest BCUT2D eigenvalue weighted by Gasteiger charge is -2.32. The van der Waals surface area contributed by atoms with Crippen molar-refractivity contribution in [1.29, 1.82) is 0 Å². The molecule has 1 fully saturated rings. The highest BCUT2D eigenvalue weighted by Crippen LogP contribution is 2.33. The molecule has 3 aromatic rings. The minimum Gasteiger partial charge on any atom is -0.454 e. The molecule has 1 amide bonds. The van der Waals surface area contributed by atoms with Gasteiger partial charge in [-0.05, 0) is 43.2 Å². The van der Waals surface area contributed by atoms with Crippen molar-refractivity contribution in [2.75, 3.05) is 19.9 Å². The van der Waals surface area contributed by atoms with E-state index in [2.05, 4.69) is 10.3 Å². The topological polar surface area (TPSA) is 86.6 Å². The van der Waals surface area contributed by atoms with E-state index >= 15 is 0 Å². The third kappa shape index (κ3) is 2.77. The quantitative estimate of drug-likeness (QED) is 0.678. The van der Waals surface area contributed by atoms with Gasteiger partial charge in [-0.2, -0.15) is 0 Å². The third-order valence-corrected chi connectivity index (χ3v) is 5.31. The molecule has 28 heavy (non-hydrogen) atoms. The van der Waals surface area contributed by atoms with Crippen molar-refractivity contribution in [2.45, 2.75) is 18.9 Å². The molecule has 5 rings (SSSR count). The van der Waals surface area contributed by atoms with Gasteiger partial charge in [-0.1, -0.05) is 17.3 Å². The summed E-state index contributed by atoms with van der Waals surface area (Å²) in [6.07, 6.45) is 1.31. The van der Waals surface area contributed by atoms with E-state index in [-0.39, 0.29) is 24.3 Å². The Labute approximate surface area is 160 Å². The molecule has 8 nitrogen and oxygen atoms in total. The van der Waals surface area contributed by atoms with Gasteiger partial charge in [0.25, 0.3) is 11.5 Å². The molecule has 142 valence electrons. The van der Waals surface area contributed by atoms with Crippen LogP contribution in [0.3, 0.4) is 0 Å². The Hall–Kier alpha value is -3.42. The normalized spacial score (nSPS) is 16.5. The minimum atomic E-state index is -0.133. The van der Waals surface area contributed by atoms with E-state index in [1.165, 1.54) is 4.68 Å². The smallest absolute Gasteiger partial charge is 0.277 e. The molecule has 0 spiro atoms. The maximum Gasteiger partial charge on any atom is 0.277 e. The van der Waals surface area contributed by atoms with Crippen LogP contribution in [0.25, 0.3) is 10.9 Å². The summed E-state index contributed by atoms with van der Waals surface area (Å²) in [7, 11) is 0. The molecule has 0 saturated carbocycles. The van der Waals surface area contributed by atoms with E-state index in [9.17, 15) is 9.59 Å². The molecule has 0 atom stereocenters. The zero-order valence-electron chi connectivity index (χ0n) is 15.1. The standard InChI is InChI=1S/C20H18N4O4/c25-19(13-5-6-17-18(11-13)28-12-27-17)23-9-7-14(8-10-23)24-20(26)15-3-1-2-4-16(15)21-22-24/h1-6,11,14H,7-10,12H2. The fraction of sp³-hybridized carbons (Fsp3) is 0.300. The molecule has 3 heterocycles. The third-order valence-electron chi connectivity index (χ3n) is 5.31. The first-order valence-corrected chi connectivity index (χ1v) is 9.24. The Bertz CT molecular complexity index is 1120. The van der Waals surface area contributed by atoms with Gasteiger partial charge in [-0.25, -0.2) is 4.68 Å². The Balaban J connectivity index is 1.32. The average Bonchev–Trinajstić information content (AvgIpc) is 3.22. The lowest BCUT2D eigenvalue weighted by molar-refractivity contribution is 0.0686. The maximum absolute atomic E-state index is 12.8. The number of benzene rings is 2. The summed E-state index contributed by atoms with van der Waals surface area (Å²) >= 11 is 0. The number of carbonyl (C=O) groups is 1. The van der Waals surface area contributed by atoms with E-state index in [0.29, 0.717) is 53.9 Å². The summed E-state index contributed by atoms with van der Waals surface area (Å²) in [5.41, 5.74) is 1.04. The Morgan fingerprint density at radius 3 is 2.68 bits per heavy atom. The molecule has 0 aliphatic carbocycles. The van der Waals surface area contributed by atoms with Crippen LogP contribution in [0.4, 0.5) is 0 Å². The molecule has 0 radical (unpaired) electrons. The van der Waals surface area contributed by atoms with E-state index in [1.807, 2.05) is 12.1 Å². The number of aromatic nitrogens is 3. The summed E-state index contributed by atoms with van der Waals surface area (Å²) < 4.78 is 12.1. The van der Waals surface area contributed by atoms with E-state index in [4.69, 9.17) is 9.47 Å². The van der Waals surface area contributed by atoms with Crippen molar-refractivity contribution in [3.05, 3.63) is 58.4 Å². The van der Waals surface area contributed by atoms with Crippen molar-refractivity contribution < 1.29 is 14.3 Å². The van der Waals surface area contributed by atoms with Crippen LogP contribution in [0.5, 0.6) is 11.5 Å². The number of hydrogen-bond donors (Lipinski definition) is 0. The minimum absolute atomic E-state index is 0.0475. The molecule has 2 aliphatic rings. The molecule has 1 aromatic heterocycles. The van der Waals surface area contributed by atoms with E-state index in [1.54, 1.807) is 35.2 Å². The molecule has 0 N–H and O–H groups in total. The number of nitrogens with zero attached hydrogens (tertiary/aromatic N) is 4. The monoisotopic (exact) mass is 378 g/mol. The van der Waals surface area contributed by atoms with Crippen molar-refractivity contribution >= 4 is 16.8 Å². The van der Waals surface area contributed by atoms with Crippen LogP contribution in [0.15, 0.2) is 47.3 Å².